The Morgan fingerprint density at radius 3 is 2.72 bits per heavy atom. The summed E-state index contributed by atoms with van der Waals surface area (Å²) in [5.41, 5.74) is -1.41. The normalized spacial score (nSPS) is 26.7. The molecule has 1 aromatic heterocycles. The number of carboxylic acid groups (broad SMARTS) is 1. The minimum Gasteiger partial charge on any atom is -0.477 e. The fourth-order valence-corrected chi connectivity index (χ4v) is 4.99. The summed E-state index contributed by atoms with van der Waals surface area (Å²) in [5, 5.41) is 12.6. The molecular weight excluding hydrogens is 380 g/mol. The Labute approximate surface area is 166 Å². The van der Waals surface area contributed by atoms with Crippen LogP contribution in [0.15, 0.2) is 17.1 Å². The van der Waals surface area contributed by atoms with Crippen molar-refractivity contribution in [2.24, 2.45) is 11.8 Å². The lowest BCUT2D eigenvalue weighted by Crippen LogP contribution is -2.44. The average Bonchev–Trinajstić information content (AvgIpc) is 3.42. The molecule has 1 aromatic carbocycles. The number of piperidine rings is 1. The first-order valence-electron chi connectivity index (χ1n) is 10.1. The van der Waals surface area contributed by atoms with Crippen LogP contribution in [0.5, 0.6) is 0 Å². The average molecular weight is 403 g/mol. The van der Waals surface area contributed by atoms with E-state index in [0.717, 1.165) is 31.9 Å². The monoisotopic (exact) mass is 403 g/mol. The second kappa shape index (κ2) is 6.52. The highest BCUT2D eigenvalue weighted by atomic mass is 19.1. The van der Waals surface area contributed by atoms with Gasteiger partial charge in [0, 0.05) is 31.4 Å². The van der Waals surface area contributed by atoms with Gasteiger partial charge in [-0.2, -0.15) is 0 Å². The quantitative estimate of drug-likeness (QED) is 0.825. The summed E-state index contributed by atoms with van der Waals surface area (Å²) in [7, 11) is 0. The van der Waals surface area contributed by atoms with Crippen molar-refractivity contribution in [3.63, 3.8) is 0 Å². The standard InChI is InChI=1S/C21H23F2N3O3/c1-10-4-11-7-25(9-16(11)24-6-10)19-15(22)5-13-18(17(19)23)26(12-2-3-12)8-14(20(13)27)21(28)29/h5,8,10-12,16,24H,2-4,6-7,9H2,1H3,(H,28,29). The molecule has 2 aliphatic heterocycles. The number of aromatic nitrogens is 1. The maximum atomic E-state index is 15.7. The Hall–Kier alpha value is -2.48. The molecule has 3 unspecified atom stereocenters. The number of hydrogen-bond donors (Lipinski definition) is 2. The number of carbonyl (C=O) groups is 1. The Balaban J connectivity index is 1.66. The molecule has 3 aliphatic rings. The second-order valence-electron chi connectivity index (χ2n) is 8.75. The van der Waals surface area contributed by atoms with Crippen molar-refractivity contribution >= 4 is 22.6 Å². The van der Waals surface area contributed by atoms with Gasteiger partial charge in [-0.25, -0.2) is 13.6 Å². The van der Waals surface area contributed by atoms with Gasteiger partial charge in [0.1, 0.15) is 17.1 Å². The van der Waals surface area contributed by atoms with Crippen LogP contribution >= 0.6 is 0 Å². The summed E-state index contributed by atoms with van der Waals surface area (Å²) >= 11 is 0. The van der Waals surface area contributed by atoms with Crippen molar-refractivity contribution in [1.29, 1.82) is 0 Å². The van der Waals surface area contributed by atoms with E-state index in [1.807, 2.05) is 0 Å². The molecule has 2 N–H and O–H groups in total. The molecule has 3 fully saturated rings. The first-order chi connectivity index (χ1) is 13.8. The zero-order chi connectivity index (χ0) is 20.4. The molecule has 0 bridgehead atoms. The molecule has 1 aliphatic carbocycles. The van der Waals surface area contributed by atoms with Gasteiger partial charge in [-0.15, -0.1) is 0 Å². The number of aromatic carboxylic acids is 1. The highest BCUT2D eigenvalue weighted by Gasteiger charge is 2.39. The molecule has 3 atom stereocenters. The van der Waals surface area contributed by atoms with Crippen LogP contribution in [0, 0.1) is 23.5 Å². The van der Waals surface area contributed by atoms with Crippen LogP contribution in [-0.4, -0.2) is 41.3 Å². The van der Waals surface area contributed by atoms with Gasteiger partial charge in [0.15, 0.2) is 5.82 Å². The first-order valence-corrected chi connectivity index (χ1v) is 10.1. The molecular formula is C21H23F2N3O3. The van der Waals surface area contributed by atoms with Gasteiger partial charge in [-0.3, -0.25) is 4.79 Å². The van der Waals surface area contributed by atoms with E-state index in [1.54, 1.807) is 4.90 Å². The number of anilines is 1. The fourth-order valence-electron chi connectivity index (χ4n) is 4.99. The SMILES string of the molecule is CC1CNC2CN(c3c(F)cc4c(=O)c(C(=O)O)cn(C5CC5)c4c3F)CC2C1. The van der Waals surface area contributed by atoms with Crippen LogP contribution in [0.1, 0.15) is 42.6 Å². The number of fused-ring (bicyclic) bond motifs is 2. The van der Waals surface area contributed by atoms with Gasteiger partial charge in [-0.1, -0.05) is 6.92 Å². The van der Waals surface area contributed by atoms with Crippen molar-refractivity contribution in [2.45, 2.75) is 38.3 Å². The van der Waals surface area contributed by atoms with Gasteiger partial charge >= 0.3 is 5.97 Å². The van der Waals surface area contributed by atoms with Crippen LogP contribution in [0.4, 0.5) is 14.5 Å². The number of rotatable bonds is 3. The summed E-state index contributed by atoms with van der Waals surface area (Å²) in [6, 6.07) is 1.15. The van der Waals surface area contributed by atoms with E-state index in [9.17, 15) is 14.7 Å². The summed E-state index contributed by atoms with van der Waals surface area (Å²) < 4.78 is 32.3. The van der Waals surface area contributed by atoms with Crippen molar-refractivity contribution < 1.29 is 18.7 Å². The summed E-state index contributed by atoms with van der Waals surface area (Å²) in [6.07, 6.45) is 3.78. The van der Waals surface area contributed by atoms with E-state index in [1.165, 1.54) is 10.8 Å². The highest BCUT2D eigenvalue weighted by Crippen LogP contribution is 2.41. The van der Waals surface area contributed by atoms with Gasteiger partial charge in [0.2, 0.25) is 5.43 Å². The lowest BCUT2D eigenvalue weighted by atomic mass is 9.88. The van der Waals surface area contributed by atoms with Gasteiger partial charge < -0.3 is 19.9 Å². The van der Waals surface area contributed by atoms with E-state index >= 15 is 8.78 Å². The number of pyridine rings is 1. The predicted molar refractivity (Wildman–Crippen MR) is 105 cm³/mol. The number of hydrogen-bond acceptors (Lipinski definition) is 4. The van der Waals surface area contributed by atoms with Gasteiger partial charge in [-0.05, 0) is 43.7 Å². The molecule has 154 valence electrons. The number of carboxylic acids is 1. The molecule has 0 radical (unpaired) electrons. The Morgan fingerprint density at radius 2 is 2.03 bits per heavy atom. The van der Waals surface area contributed by atoms with Gasteiger partial charge in [0.25, 0.3) is 0 Å². The topological polar surface area (TPSA) is 74.6 Å². The maximum Gasteiger partial charge on any atom is 0.341 e. The zero-order valence-electron chi connectivity index (χ0n) is 16.1. The predicted octanol–water partition coefficient (Wildman–Crippen LogP) is 2.75. The van der Waals surface area contributed by atoms with Crippen molar-refractivity contribution in [3.8, 4) is 0 Å². The van der Waals surface area contributed by atoms with Crippen LogP contribution in [0.25, 0.3) is 10.9 Å². The third-order valence-electron chi connectivity index (χ3n) is 6.55. The lowest BCUT2D eigenvalue weighted by molar-refractivity contribution is 0.0695. The molecule has 5 rings (SSSR count). The molecule has 8 heteroatoms. The largest absolute Gasteiger partial charge is 0.477 e. The van der Waals surface area contributed by atoms with Crippen molar-refractivity contribution in [1.82, 2.24) is 9.88 Å². The number of nitrogens with one attached hydrogen (secondary N) is 1. The number of benzene rings is 1. The van der Waals surface area contributed by atoms with Crippen LogP contribution in [0.2, 0.25) is 0 Å². The van der Waals surface area contributed by atoms with E-state index in [4.69, 9.17) is 0 Å². The van der Waals surface area contributed by atoms with Crippen LogP contribution < -0.4 is 15.6 Å². The summed E-state index contributed by atoms with van der Waals surface area (Å²) in [5.74, 6) is -2.12. The minimum absolute atomic E-state index is 0.00935. The zero-order valence-corrected chi connectivity index (χ0v) is 16.1. The van der Waals surface area contributed by atoms with Crippen molar-refractivity contribution in [3.05, 3.63) is 39.7 Å². The van der Waals surface area contributed by atoms with Crippen LogP contribution in [0.3, 0.4) is 0 Å². The minimum atomic E-state index is -1.39. The smallest absolute Gasteiger partial charge is 0.341 e. The molecule has 2 aromatic rings. The van der Waals surface area contributed by atoms with E-state index in [0.29, 0.717) is 24.9 Å². The Bertz CT molecular complexity index is 1080. The maximum absolute atomic E-state index is 15.7. The molecule has 1 saturated carbocycles. The Morgan fingerprint density at radius 1 is 1.28 bits per heavy atom. The number of halogens is 2. The van der Waals surface area contributed by atoms with Crippen molar-refractivity contribution in [2.75, 3.05) is 24.5 Å². The lowest BCUT2D eigenvalue weighted by Gasteiger charge is -2.29. The first kappa shape index (κ1) is 18.5. The molecule has 29 heavy (non-hydrogen) atoms. The summed E-state index contributed by atoms with van der Waals surface area (Å²) in [4.78, 5) is 25.8. The molecule has 2 saturated heterocycles. The third-order valence-corrected chi connectivity index (χ3v) is 6.55. The van der Waals surface area contributed by atoms with Crippen LogP contribution in [-0.2, 0) is 0 Å². The molecule has 0 spiro atoms. The van der Waals surface area contributed by atoms with E-state index in [-0.39, 0.29) is 28.7 Å². The second-order valence-corrected chi connectivity index (χ2v) is 8.75. The van der Waals surface area contributed by atoms with E-state index in [2.05, 4.69) is 12.2 Å². The Kier molecular flexibility index (Phi) is 4.17. The third kappa shape index (κ3) is 2.92. The fraction of sp³-hybridized carbons (Fsp3) is 0.524. The molecule has 3 heterocycles. The van der Waals surface area contributed by atoms with E-state index < -0.39 is 28.6 Å². The summed E-state index contributed by atoms with van der Waals surface area (Å²) in [6.45, 7) is 4.13. The highest BCUT2D eigenvalue weighted by molar-refractivity contribution is 5.94. The molecule has 0 amide bonds. The molecule has 6 nitrogen and oxygen atoms in total. The van der Waals surface area contributed by atoms with Gasteiger partial charge in [0.05, 0.1) is 10.9 Å². The number of nitrogens with zero attached hydrogens (tertiary/aromatic N) is 2.